The molecule has 0 aliphatic carbocycles. The Balaban J connectivity index is 1.81. The highest BCUT2D eigenvalue weighted by molar-refractivity contribution is 7.89. The minimum Gasteiger partial charge on any atom is -0.481 e. The number of benzene rings is 2. The van der Waals surface area contributed by atoms with Crippen molar-refractivity contribution in [2.45, 2.75) is 31.8 Å². The summed E-state index contributed by atoms with van der Waals surface area (Å²) in [6, 6.07) is 11.8. The molecule has 0 spiro atoms. The van der Waals surface area contributed by atoms with Crippen LogP contribution in [0, 0.1) is 13.8 Å². The molecule has 8 heteroatoms. The van der Waals surface area contributed by atoms with Crippen molar-refractivity contribution < 1.29 is 17.9 Å². The highest BCUT2D eigenvalue weighted by Crippen LogP contribution is 2.17. The van der Waals surface area contributed by atoms with Gasteiger partial charge in [0.15, 0.2) is 6.10 Å². The lowest BCUT2D eigenvalue weighted by atomic mass is 10.2. The van der Waals surface area contributed by atoms with Gasteiger partial charge in [0.1, 0.15) is 5.75 Å². The molecule has 2 rings (SSSR count). The minimum atomic E-state index is -3.62. The summed E-state index contributed by atoms with van der Waals surface area (Å²) < 4.78 is 32.7. The summed E-state index contributed by atoms with van der Waals surface area (Å²) in [6.07, 6.45) is -0.720. The zero-order chi connectivity index (χ0) is 20.0. The van der Waals surface area contributed by atoms with Gasteiger partial charge < -0.3 is 10.1 Å². The van der Waals surface area contributed by atoms with Crippen molar-refractivity contribution in [3.63, 3.8) is 0 Å². The van der Waals surface area contributed by atoms with Gasteiger partial charge in [-0.05, 0) is 56.7 Å². The van der Waals surface area contributed by atoms with Crippen molar-refractivity contribution in [3.05, 3.63) is 58.6 Å². The van der Waals surface area contributed by atoms with Crippen LogP contribution in [0.25, 0.3) is 0 Å². The number of halogens is 1. The minimum absolute atomic E-state index is 0.0784. The van der Waals surface area contributed by atoms with E-state index in [2.05, 4.69) is 10.0 Å². The maximum Gasteiger partial charge on any atom is 0.260 e. The first kappa shape index (κ1) is 21.2. The predicted octanol–water partition coefficient (Wildman–Crippen LogP) is 2.82. The van der Waals surface area contributed by atoms with Gasteiger partial charge in [-0.25, -0.2) is 13.1 Å². The van der Waals surface area contributed by atoms with Gasteiger partial charge in [0.25, 0.3) is 5.91 Å². The topological polar surface area (TPSA) is 84.5 Å². The second kappa shape index (κ2) is 9.21. The number of rotatable bonds is 8. The van der Waals surface area contributed by atoms with Gasteiger partial charge in [-0.3, -0.25) is 4.79 Å². The lowest BCUT2D eigenvalue weighted by Gasteiger charge is -2.15. The molecule has 6 nitrogen and oxygen atoms in total. The monoisotopic (exact) mass is 410 g/mol. The SMILES string of the molecule is Cc1ccc(S(=O)(=O)NCCNC(=O)C(C)Oc2ccc(Cl)cc2)c(C)c1. The Bertz CT molecular complexity index is 898. The lowest BCUT2D eigenvalue weighted by Crippen LogP contribution is -2.40. The van der Waals surface area contributed by atoms with E-state index in [9.17, 15) is 13.2 Å². The number of nitrogens with one attached hydrogen (secondary N) is 2. The molecule has 27 heavy (non-hydrogen) atoms. The van der Waals surface area contributed by atoms with Crippen molar-refractivity contribution >= 4 is 27.5 Å². The first-order valence-electron chi connectivity index (χ1n) is 8.46. The number of sulfonamides is 1. The molecule has 2 aromatic carbocycles. The van der Waals surface area contributed by atoms with Gasteiger partial charge in [0.05, 0.1) is 4.90 Å². The van der Waals surface area contributed by atoms with Crippen molar-refractivity contribution in [1.82, 2.24) is 10.0 Å². The van der Waals surface area contributed by atoms with Crippen LogP contribution in [0.5, 0.6) is 5.75 Å². The third-order valence-electron chi connectivity index (χ3n) is 3.83. The number of amides is 1. The van der Waals surface area contributed by atoms with Crippen LogP contribution in [0.3, 0.4) is 0 Å². The summed E-state index contributed by atoms with van der Waals surface area (Å²) in [6.45, 7) is 5.49. The molecule has 146 valence electrons. The van der Waals surface area contributed by atoms with Crippen LogP contribution in [-0.4, -0.2) is 33.5 Å². The zero-order valence-corrected chi connectivity index (χ0v) is 17.0. The molecule has 2 N–H and O–H groups in total. The molecule has 0 aliphatic rings. The summed E-state index contributed by atoms with van der Waals surface area (Å²) in [5.41, 5.74) is 1.67. The second-order valence-electron chi connectivity index (χ2n) is 6.17. The van der Waals surface area contributed by atoms with Crippen LogP contribution in [0.2, 0.25) is 5.02 Å². The molecule has 0 bridgehead atoms. The van der Waals surface area contributed by atoms with Crippen LogP contribution in [0.1, 0.15) is 18.1 Å². The molecule has 0 saturated heterocycles. The lowest BCUT2D eigenvalue weighted by molar-refractivity contribution is -0.127. The molecule has 1 atom stereocenters. The molecule has 0 heterocycles. The van der Waals surface area contributed by atoms with Crippen LogP contribution in [0.15, 0.2) is 47.4 Å². The first-order chi connectivity index (χ1) is 12.7. The number of aryl methyl sites for hydroxylation is 2. The highest BCUT2D eigenvalue weighted by Gasteiger charge is 2.17. The summed E-state index contributed by atoms with van der Waals surface area (Å²) in [4.78, 5) is 12.3. The van der Waals surface area contributed by atoms with Crippen molar-refractivity contribution in [2.75, 3.05) is 13.1 Å². The van der Waals surface area contributed by atoms with Gasteiger partial charge in [-0.15, -0.1) is 0 Å². The molecule has 0 fully saturated rings. The van der Waals surface area contributed by atoms with Crippen LogP contribution < -0.4 is 14.8 Å². The Kier molecular flexibility index (Phi) is 7.24. The average molecular weight is 411 g/mol. The van der Waals surface area contributed by atoms with Gasteiger partial charge in [0.2, 0.25) is 10.0 Å². The highest BCUT2D eigenvalue weighted by atomic mass is 35.5. The van der Waals surface area contributed by atoms with Crippen molar-refractivity contribution in [1.29, 1.82) is 0 Å². The van der Waals surface area contributed by atoms with E-state index in [1.165, 1.54) is 0 Å². The molecule has 0 aliphatic heterocycles. The van der Waals surface area contributed by atoms with E-state index in [4.69, 9.17) is 16.3 Å². The van der Waals surface area contributed by atoms with Gasteiger partial charge in [0, 0.05) is 18.1 Å². The molecular formula is C19H23ClN2O4S. The van der Waals surface area contributed by atoms with Crippen molar-refractivity contribution in [2.24, 2.45) is 0 Å². The van der Waals surface area contributed by atoms with E-state index in [1.54, 1.807) is 50.2 Å². The standard InChI is InChI=1S/C19H23ClN2O4S/c1-13-4-9-18(14(2)12-13)27(24,25)22-11-10-21-19(23)15(3)26-17-7-5-16(20)6-8-17/h4-9,12,15,22H,10-11H2,1-3H3,(H,21,23). The quantitative estimate of drug-likeness (QED) is 0.655. The van der Waals surface area contributed by atoms with Gasteiger partial charge in [-0.1, -0.05) is 29.3 Å². The van der Waals surface area contributed by atoms with E-state index in [1.807, 2.05) is 13.0 Å². The summed E-state index contributed by atoms with van der Waals surface area (Å²) in [7, 11) is -3.62. The molecule has 1 unspecified atom stereocenters. The van der Waals surface area contributed by atoms with Crippen LogP contribution >= 0.6 is 11.6 Å². The molecule has 2 aromatic rings. The fraction of sp³-hybridized carbons (Fsp3) is 0.316. The van der Waals surface area contributed by atoms with E-state index in [-0.39, 0.29) is 23.9 Å². The third-order valence-corrected chi connectivity index (χ3v) is 5.71. The largest absolute Gasteiger partial charge is 0.481 e. The summed E-state index contributed by atoms with van der Waals surface area (Å²) >= 11 is 5.80. The number of hydrogen-bond acceptors (Lipinski definition) is 4. The Morgan fingerprint density at radius 1 is 1.11 bits per heavy atom. The molecular weight excluding hydrogens is 388 g/mol. The Morgan fingerprint density at radius 3 is 2.41 bits per heavy atom. The fourth-order valence-corrected chi connectivity index (χ4v) is 3.85. The maximum absolute atomic E-state index is 12.4. The van der Waals surface area contributed by atoms with Crippen LogP contribution in [0.4, 0.5) is 0 Å². The normalized spacial score (nSPS) is 12.4. The zero-order valence-electron chi connectivity index (χ0n) is 15.5. The predicted molar refractivity (Wildman–Crippen MR) is 106 cm³/mol. The number of carbonyl (C=O) groups is 1. The van der Waals surface area contributed by atoms with E-state index in [0.717, 1.165) is 5.56 Å². The van der Waals surface area contributed by atoms with Crippen LogP contribution in [-0.2, 0) is 14.8 Å². The summed E-state index contributed by atoms with van der Waals surface area (Å²) in [5.74, 6) is 0.188. The fourth-order valence-electron chi connectivity index (χ4n) is 2.46. The number of hydrogen-bond donors (Lipinski definition) is 2. The smallest absolute Gasteiger partial charge is 0.260 e. The maximum atomic E-state index is 12.4. The Labute approximate surface area is 164 Å². The van der Waals surface area contributed by atoms with Crippen molar-refractivity contribution in [3.8, 4) is 5.75 Å². The van der Waals surface area contributed by atoms with E-state index >= 15 is 0 Å². The molecule has 0 radical (unpaired) electrons. The number of carbonyl (C=O) groups excluding carboxylic acids is 1. The van der Waals surface area contributed by atoms with E-state index < -0.39 is 16.1 Å². The Hall–Kier alpha value is -2.09. The Morgan fingerprint density at radius 2 is 1.78 bits per heavy atom. The van der Waals surface area contributed by atoms with Gasteiger partial charge in [-0.2, -0.15) is 0 Å². The average Bonchev–Trinajstić information content (AvgIpc) is 2.60. The molecule has 0 aromatic heterocycles. The first-order valence-corrected chi connectivity index (χ1v) is 10.3. The third kappa shape index (κ3) is 6.23. The second-order valence-corrected chi connectivity index (χ2v) is 8.34. The molecule has 0 saturated carbocycles. The molecule has 1 amide bonds. The van der Waals surface area contributed by atoms with E-state index in [0.29, 0.717) is 16.3 Å². The van der Waals surface area contributed by atoms with Gasteiger partial charge >= 0.3 is 0 Å². The number of ether oxygens (including phenoxy) is 1. The summed E-state index contributed by atoms with van der Waals surface area (Å²) in [5, 5.41) is 3.22.